The molecular weight excluding hydrogens is 248 g/mol. The summed E-state index contributed by atoms with van der Waals surface area (Å²) in [5, 5.41) is 0. The van der Waals surface area contributed by atoms with Crippen LogP contribution in [0.25, 0.3) is 11.1 Å². The van der Waals surface area contributed by atoms with Crippen molar-refractivity contribution < 1.29 is 9.47 Å². The van der Waals surface area contributed by atoms with Gasteiger partial charge in [-0.1, -0.05) is 48.5 Å². The van der Waals surface area contributed by atoms with E-state index in [1.165, 1.54) is 16.7 Å². The summed E-state index contributed by atoms with van der Waals surface area (Å²) in [6.07, 6.45) is -0.284. The van der Waals surface area contributed by atoms with E-state index >= 15 is 0 Å². The lowest BCUT2D eigenvalue weighted by atomic mass is 9.96. The van der Waals surface area contributed by atoms with Crippen LogP contribution in [0, 0.1) is 6.92 Å². The Morgan fingerprint density at radius 3 is 2.10 bits per heavy atom. The van der Waals surface area contributed by atoms with E-state index in [2.05, 4.69) is 49.4 Å². The lowest BCUT2D eigenvalue weighted by Crippen LogP contribution is -2.10. The normalized spacial score (nSPS) is 11.0. The van der Waals surface area contributed by atoms with Gasteiger partial charge >= 0.3 is 0 Å². The molecule has 2 aromatic rings. The van der Waals surface area contributed by atoms with E-state index in [4.69, 9.17) is 9.47 Å². The highest BCUT2D eigenvalue weighted by Gasteiger charge is 2.16. The third-order valence-electron chi connectivity index (χ3n) is 3.35. The van der Waals surface area contributed by atoms with Crippen molar-refractivity contribution in [2.24, 2.45) is 0 Å². The van der Waals surface area contributed by atoms with Crippen molar-refractivity contribution in [3.63, 3.8) is 0 Å². The van der Waals surface area contributed by atoms with Crippen LogP contribution in [0.5, 0.6) is 0 Å². The summed E-state index contributed by atoms with van der Waals surface area (Å²) in [6, 6.07) is 16.7. The maximum Gasteiger partial charge on any atom is 0.184 e. The zero-order valence-corrected chi connectivity index (χ0v) is 12.4. The lowest BCUT2D eigenvalue weighted by Gasteiger charge is -2.21. The minimum atomic E-state index is -0.284. The van der Waals surface area contributed by atoms with Crippen LogP contribution in [-0.4, -0.2) is 13.2 Å². The Morgan fingerprint density at radius 1 is 0.850 bits per heavy atom. The number of hydrogen-bond acceptors (Lipinski definition) is 2. The zero-order valence-electron chi connectivity index (χ0n) is 12.4. The Bertz CT molecular complexity index is 528. The molecule has 0 aliphatic rings. The minimum absolute atomic E-state index is 0.284. The summed E-state index contributed by atoms with van der Waals surface area (Å²) in [7, 11) is 0. The first kappa shape index (κ1) is 14.8. The Kier molecular flexibility index (Phi) is 5.33. The molecular formula is C18H22O2. The summed E-state index contributed by atoms with van der Waals surface area (Å²) in [5.74, 6) is 0. The maximum atomic E-state index is 5.72. The van der Waals surface area contributed by atoms with E-state index in [0.29, 0.717) is 13.2 Å². The highest BCUT2D eigenvalue weighted by atomic mass is 16.7. The third-order valence-corrected chi connectivity index (χ3v) is 3.35. The monoisotopic (exact) mass is 270 g/mol. The summed E-state index contributed by atoms with van der Waals surface area (Å²) in [4.78, 5) is 0. The lowest BCUT2D eigenvalue weighted by molar-refractivity contribution is -0.140. The van der Waals surface area contributed by atoms with Gasteiger partial charge in [0.1, 0.15) is 0 Å². The van der Waals surface area contributed by atoms with Crippen molar-refractivity contribution in [3.05, 3.63) is 59.7 Å². The number of hydrogen-bond donors (Lipinski definition) is 0. The molecule has 0 unspecified atom stereocenters. The highest BCUT2D eigenvalue weighted by Crippen LogP contribution is 2.30. The van der Waals surface area contributed by atoms with E-state index in [1.807, 2.05) is 19.9 Å². The van der Waals surface area contributed by atoms with E-state index in [9.17, 15) is 0 Å². The molecule has 2 heteroatoms. The predicted octanol–water partition coefficient (Wildman–Crippen LogP) is 4.73. The van der Waals surface area contributed by atoms with Crippen molar-refractivity contribution in [3.8, 4) is 11.1 Å². The minimum Gasteiger partial charge on any atom is -0.349 e. The van der Waals surface area contributed by atoms with Crippen LogP contribution in [-0.2, 0) is 9.47 Å². The molecule has 2 aromatic carbocycles. The van der Waals surface area contributed by atoms with Gasteiger partial charge in [-0.2, -0.15) is 0 Å². The molecule has 2 nitrogen and oxygen atoms in total. The van der Waals surface area contributed by atoms with Crippen LogP contribution < -0.4 is 0 Å². The SMILES string of the molecule is CCOC(OCC)c1cccc(-c2ccccc2)c1C. The second kappa shape index (κ2) is 7.22. The standard InChI is InChI=1S/C18H22O2/c1-4-19-18(20-5-2)17-13-9-12-16(14(17)3)15-10-7-6-8-11-15/h6-13,18H,4-5H2,1-3H3. The second-order valence-electron chi connectivity index (χ2n) is 4.63. The molecule has 0 spiro atoms. The Hall–Kier alpha value is -1.64. The van der Waals surface area contributed by atoms with Gasteiger partial charge in [-0.25, -0.2) is 0 Å². The van der Waals surface area contributed by atoms with E-state index in [-0.39, 0.29) is 6.29 Å². The van der Waals surface area contributed by atoms with Gasteiger partial charge in [0.25, 0.3) is 0 Å². The fraction of sp³-hybridized carbons (Fsp3) is 0.333. The van der Waals surface area contributed by atoms with Crippen LogP contribution in [0.2, 0.25) is 0 Å². The van der Waals surface area contributed by atoms with Crippen LogP contribution >= 0.6 is 0 Å². The third kappa shape index (κ3) is 3.27. The fourth-order valence-electron chi connectivity index (χ4n) is 2.37. The Labute approximate surface area is 121 Å². The molecule has 0 saturated carbocycles. The molecule has 0 fully saturated rings. The van der Waals surface area contributed by atoms with Crippen LogP contribution in [0.3, 0.4) is 0 Å². The van der Waals surface area contributed by atoms with Crippen LogP contribution in [0.1, 0.15) is 31.3 Å². The van der Waals surface area contributed by atoms with E-state index in [0.717, 1.165) is 5.56 Å². The molecule has 0 atom stereocenters. The van der Waals surface area contributed by atoms with Gasteiger partial charge in [-0.05, 0) is 37.5 Å². The summed E-state index contributed by atoms with van der Waals surface area (Å²) >= 11 is 0. The van der Waals surface area contributed by atoms with Gasteiger partial charge in [0.2, 0.25) is 0 Å². The smallest absolute Gasteiger partial charge is 0.184 e. The molecule has 0 saturated heterocycles. The molecule has 0 radical (unpaired) electrons. The summed E-state index contributed by atoms with van der Waals surface area (Å²) < 4.78 is 11.4. The largest absolute Gasteiger partial charge is 0.349 e. The quantitative estimate of drug-likeness (QED) is 0.706. The van der Waals surface area contributed by atoms with Crippen LogP contribution in [0.4, 0.5) is 0 Å². The zero-order chi connectivity index (χ0) is 14.4. The van der Waals surface area contributed by atoms with Gasteiger partial charge in [0, 0.05) is 18.8 Å². The molecule has 106 valence electrons. The molecule has 0 aromatic heterocycles. The predicted molar refractivity (Wildman–Crippen MR) is 82.6 cm³/mol. The molecule has 20 heavy (non-hydrogen) atoms. The summed E-state index contributed by atoms with van der Waals surface area (Å²) in [6.45, 7) is 7.38. The van der Waals surface area contributed by atoms with Gasteiger partial charge < -0.3 is 9.47 Å². The maximum absolute atomic E-state index is 5.72. The van der Waals surface area contributed by atoms with Gasteiger partial charge in [0.15, 0.2) is 6.29 Å². The molecule has 0 heterocycles. The van der Waals surface area contributed by atoms with Gasteiger partial charge in [-0.15, -0.1) is 0 Å². The number of rotatable bonds is 6. The highest BCUT2D eigenvalue weighted by molar-refractivity contribution is 5.68. The van der Waals surface area contributed by atoms with Crippen molar-refractivity contribution in [2.45, 2.75) is 27.1 Å². The summed E-state index contributed by atoms with van der Waals surface area (Å²) in [5.41, 5.74) is 4.77. The molecule has 0 aliphatic carbocycles. The number of benzene rings is 2. The van der Waals surface area contributed by atoms with Crippen molar-refractivity contribution in [2.75, 3.05) is 13.2 Å². The number of ether oxygens (including phenoxy) is 2. The average Bonchev–Trinajstić information content (AvgIpc) is 2.48. The molecule has 0 N–H and O–H groups in total. The fourth-order valence-corrected chi connectivity index (χ4v) is 2.37. The van der Waals surface area contributed by atoms with Crippen molar-refractivity contribution in [1.29, 1.82) is 0 Å². The van der Waals surface area contributed by atoms with Crippen LogP contribution in [0.15, 0.2) is 48.5 Å². The van der Waals surface area contributed by atoms with Crippen molar-refractivity contribution >= 4 is 0 Å². The average molecular weight is 270 g/mol. The van der Waals surface area contributed by atoms with Gasteiger partial charge in [-0.3, -0.25) is 0 Å². The van der Waals surface area contributed by atoms with E-state index < -0.39 is 0 Å². The molecule has 0 bridgehead atoms. The first-order chi connectivity index (χ1) is 9.77. The van der Waals surface area contributed by atoms with Gasteiger partial charge in [0.05, 0.1) is 0 Å². The first-order valence-electron chi connectivity index (χ1n) is 7.16. The molecule has 0 amide bonds. The Balaban J connectivity index is 2.40. The van der Waals surface area contributed by atoms with Crippen molar-refractivity contribution in [1.82, 2.24) is 0 Å². The second-order valence-corrected chi connectivity index (χ2v) is 4.63. The molecule has 2 rings (SSSR count). The topological polar surface area (TPSA) is 18.5 Å². The molecule has 0 aliphatic heterocycles. The Morgan fingerprint density at radius 2 is 1.50 bits per heavy atom. The first-order valence-corrected chi connectivity index (χ1v) is 7.16. The van der Waals surface area contributed by atoms with E-state index in [1.54, 1.807) is 0 Å².